The fourth-order valence-corrected chi connectivity index (χ4v) is 4.95. The number of rotatable bonds is 5. The molecule has 5 nitrogen and oxygen atoms in total. The van der Waals surface area contributed by atoms with E-state index in [0.29, 0.717) is 11.0 Å². The van der Waals surface area contributed by atoms with Gasteiger partial charge in [-0.05, 0) is 45.2 Å². The molecule has 0 radical (unpaired) electrons. The third kappa shape index (κ3) is 4.49. The summed E-state index contributed by atoms with van der Waals surface area (Å²) < 4.78 is 29.7. The molecule has 0 saturated carbocycles. The highest BCUT2D eigenvalue weighted by Gasteiger charge is 2.29. The summed E-state index contributed by atoms with van der Waals surface area (Å²) in [7, 11) is 0. The Hall–Kier alpha value is -2.74. The molecule has 1 aliphatic rings. The number of thioether (sulfide) groups is 1. The average Bonchev–Trinajstić information content (AvgIpc) is 3.16. The normalized spacial score (nSPS) is 18.9. The second-order valence-electron chi connectivity index (χ2n) is 7.82. The quantitative estimate of drug-likeness (QED) is 0.516. The number of benzene rings is 2. The van der Waals surface area contributed by atoms with E-state index in [1.807, 2.05) is 35.2 Å². The highest BCUT2D eigenvalue weighted by Crippen LogP contribution is 2.30. The number of amides is 1. The second-order valence-corrected chi connectivity index (χ2v) is 8.76. The third-order valence-electron chi connectivity index (χ3n) is 5.62. The Morgan fingerprint density at radius 2 is 1.77 bits per heavy atom. The zero-order chi connectivity index (χ0) is 22.0. The van der Waals surface area contributed by atoms with E-state index in [1.54, 1.807) is 4.57 Å². The van der Waals surface area contributed by atoms with Gasteiger partial charge in [-0.15, -0.1) is 10.2 Å². The molecule has 1 fully saturated rings. The number of carbonyl (C=O) groups excluding carboxylic acids is 1. The van der Waals surface area contributed by atoms with Gasteiger partial charge in [0, 0.05) is 23.7 Å². The lowest BCUT2D eigenvalue weighted by molar-refractivity contribution is -0.134. The van der Waals surface area contributed by atoms with Gasteiger partial charge < -0.3 is 4.90 Å². The number of nitrogens with zero attached hydrogens (tertiary/aromatic N) is 4. The van der Waals surface area contributed by atoms with E-state index >= 15 is 0 Å². The summed E-state index contributed by atoms with van der Waals surface area (Å²) in [4.78, 5) is 14.9. The van der Waals surface area contributed by atoms with Gasteiger partial charge in [0.05, 0.1) is 11.4 Å². The van der Waals surface area contributed by atoms with Gasteiger partial charge in [-0.25, -0.2) is 8.78 Å². The molecule has 0 spiro atoms. The van der Waals surface area contributed by atoms with Crippen LogP contribution in [0.25, 0.3) is 17.1 Å². The number of likely N-dealkylation sites (tertiary alicyclic amines) is 1. The van der Waals surface area contributed by atoms with Crippen LogP contribution in [0.15, 0.2) is 53.7 Å². The van der Waals surface area contributed by atoms with Crippen molar-refractivity contribution in [3.8, 4) is 17.1 Å². The van der Waals surface area contributed by atoms with Crippen molar-refractivity contribution < 1.29 is 13.6 Å². The van der Waals surface area contributed by atoms with Crippen molar-refractivity contribution >= 4 is 17.7 Å². The third-order valence-corrected chi connectivity index (χ3v) is 6.54. The molecule has 0 N–H and O–H groups in total. The average molecular weight is 443 g/mol. The Morgan fingerprint density at radius 3 is 2.45 bits per heavy atom. The van der Waals surface area contributed by atoms with Crippen LogP contribution in [0.4, 0.5) is 8.78 Å². The van der Waals surface area contributed by atoms with Crippen LogP contribution < -0.4 is 0 Å². The summed E-state index contributed by atoms with van der Waals surface area (Å²) in [5.74, 6) is -0.748. The number of aromatic nitrogens is 3. The van der Waals surface area contributed by atoms with Crippen LogP contribution in [0.1, 0.15) is 33.1 Å². The molecular formula is C23H24F2N4OS. The molecule has 1 aromatic heterocycles. The van der Waals surface area contributed by atoms with Gasteiger partial charge in [-0.1, -0.05) is 42.1 Å². The molecule has 4 rings (SSSR count). The smallest absolute Gasteiger partial charge is 0.233 e. The van der Waals surface area contributed by atoms with Crippen LogP contribution in [-0.2, 0) is 4.79 Å². The summed E-state index contributed by atoms with van der Waals surface area (Å²) in [5.41, 5.74) is 0.884. The van der Waals surface area contributed by atoms with Crippen LogP contribution in [0.2, 0.25) is 0 Å². The first kappa shape index (κ1) is 21.5. The maximum atomic E-state index is 14.7. The molecule has 8 heteroatoms. The first-order valence-corrected chi connectivity index (χ1v) is 11.3. The van der Waals surface area contributed by atoms with Crippen molar-refractivity contribution in [1.82, 2.24) is 19.7 Å². The van der Waals surface area contributed by atoms with Crippen LogP contribution >= 0.6 is 11.8 Å². The summed E-state index contributed by atoms with van der Waals surface area (Å²) in [6, 6.07) is 13.1. The van der Waals surface area contributed by atoms with E-state index in [2.05, 4.69) is 24.0 Å². The number of halogens is 2. The van der Waals surface area contributed by atoms with Crippen LogP contribution in [0.3, 0.4) is 0 Å². The first-order chi connectivity index (χ1) is 15.0. The fraction of sp³-hybridized carbons (Fsp3) is 0.348. The van der Waals surface area contributed by atoms with Crippen molar-refractivity contribution in [2.24, 2.45) is 0 Å². The number of carbonyl (C=O) groups is 1. The largest absolute Gasteiger partial charge is 0.337 e. The van der Waals surface area contributed by atoms with Crippen LogP contribution in [0, 0.1) is 11.6 Å². The molecule has 2 heterocycles. The van der Waals surface area contributed by atoms with E-state index in [-0.39, 0.29) is 29.4 Å². The zero-order valence-electron chi connectivity index (χ0n) is 17.5. The molecule has 1 amide bonds. The van der Waals surface area contributed by atoms with Crippen LogP contribution in [-0.4, -0.2) is 43.4 Å². The molecule has 162 valence electrons. The minimum atomic E-state index is -0.719. The maximum Gasteiger partial charge on any atom is 0.233 e. The van der Waals surface area contributed by atoms with E-state index in [1.165, 1.54) is 23.9 Å². The fourth-order valence-electron chi connectivity index (χ4n) is 4.13. The molecular weight excluding hydrogens is 418 g/mol. The Labute approximate surface area is 184 Å². The second kappa shape index (κ2) is 9.18. The Bertz CT molecular complexity index is 1060. The summed E-state index contributed by atoms with van der Waals surface area (Å²) in [5, 5.41) is 8.87. The van der Waals surface area contributed by atoms with Crippen molar-refractivity contribution in [3.63, 3.8) is 0 Å². The van der Waals surface area contributed by atoms with Gasteiger partial charge in [0.1, 0.15) is 11.6 Å². The number of piperidine rings is 1. The van der Waals surface area contributed by atoms with E-state index in [9.17, 15) is 13.6 Å². The molecule has 0 bridgehead atoms. The maximum absolute atomic E-state index is 14.7. The van der Waals surface area contributed by atoms with Gasteiger partial charge in [0.25, 0.3) is 0 Å². The lowest BCUT2D eigenvalue weighted by Crippen LogP contribution is -2.48. The van der Waals surface area contributed by atoms with E-state index < -0.39 is 11.6 Å². The standard InChI is InChI=1S/C23H24F2N4OS/c1-15-7-6-8-16(2)28(15)21(30)14-31-23-27-26-22(17-9-4-3-5-10-17)29(23)20-12-11-18(24)13-19(20)25/h3-5,9-13,15-16H,6-8,14H2,1-2H3. The topological polar surface area (TPSA) is 51.0 Å². The zero-order valence-corrected chi connectivity index (χ0v) is 18.3. The van der Waals surface area contributed by atoms with Crippen molar-refractivity contribution in [3.05, 3.63) is 60.2 Å². The molecule has 2 atom stereocenters. The van der Waals surface area contributed by atoms with Gasteiger partial charge >= 0.3 is 0 Å². The summed E-state index contributed by atoms with van der Waals surface area (Å²) in [6.07, 6.45) is 3.11. The predicted octanol–water partition coefficient (Wildman–Crippen LogP) is 5.09. The first-order valence-electron chi connectivity index (χ1n) is 10.4. The molecule has 1 aliphatic heterocycles. The van der Waals surface area contributed by atoms with Crippen molar-refractivity contribution in [2.45, 2.75) is 50.4 Å². The van der Waals surface area contributed by atoms with Gasteiger partial charge in [-0.3, -0.25) is 9.36 Å². The highest BCUT2D eigenvalue weighted by molar-refractivity contribution is 7.99. The monoisotopic (exact) mass is 442 g/mol. The molecule has 2 unspecified atom stereocenters. The molecule has 2 aromatic carbocycles. The van der Waals surface area contributed by atoms with Gasteiger partial charge in [0.2, 0.25) is 5.91 Å². The Balaban J connectivity index is 1.66. The minimum absolute atomic E-state index is 0.0279. The SMILES string of the molecule is CC1CCCC(C)N1C(=O)CSc1nnc(-c2ccccc2)n1-c1ccc(F)cc1F. The minimum Gasteiger partial charge on any atom is -0.337 e. The predicted molar refractivity (Wildman–Crippen MR) is 117 cm³/mol. The number of hydrogen-bond acceptors (Lipinski definition) is 4. The van der Waals surface area contributed by atoms with E-state index in [0.717, 1.165) is 30.9 Å². The lowest BCUT2D eigenvalue weighted by atomic mass is 9.98. The molecule has 3 aromatic rings. The Morgan fingerprint density at radius 1 is 1.06 bits per heavy atom. The van der Waals surface area contributed by atoms with Gasteiger partial charge in [0.15, 0.2) is 11.0 Å². The molecule has 31 heavy (non-hydrogen) atoms. The number of hydrogen-bond donors (Lipinski definition) is 0. The van der Waals surface area contributed by atoms with Crippen molar-refractivity contribution in [1.29, 1.82) is 0 Å². The lowest BCUT2D eigenvalue weighted by Gasteiger charge is -2.39. The highest BCUT2D eigenvalue weighted by atomic mass is 32.2. The van der Waals surface area contributed by atoms with Crippen molar-refractivity contribution in [2.75, 3.05) is 5.75 Å². The van der Waals surface area contributed by atoms with Gasteiger partial charge in [-0.2, -0.15) is 0 Å². The summed E-state index contributed by atoms with van der Waals surface area (Å²) >= 11 is 1.21. The van der Waals surface area contributed by atoms with Crippen LogP contribution in [0.5, 0.6) is 0 Å². The molecule has 1 saturated heterocycles. The molecule has 0 aliphatic carbocycles. The Kier molecular flexibility index (Phi) is 6.36. The van der Waals surface area contributed by atoms with E-state index in [4.69, 9.17) is 0 Å². The summed E-state index contributed by atoms with van der Waals surface area (Å²) in [6.45, 7) is 4.14.